The number of ether oxygens (including phenoxy) is 1. The maximum atomic E-state index is 15.3. The van der Waals surface area contributed by atoms with Crippen molar-refractivity contribution in [1.29, 1.82) is 0 Å². The number of carboxylic acid groups (broad SMARTS) is 1. The molecule has 6 atom stereocenters. The Kier molecular flexibility index (Phi) is 7.72. The van der Waals surface area contributed by atoms with Gasteiger partial charge < -0.3 is 20.1 Å². The van der Waals surface area contributed by atoms with Gasteiger partial charge in [0.2, 0.25) is 23.6 Å². The van der Waals surface area contributed by atoms with Crippen molar-refractivity contribution in [2.75, 3.05) is 16.9 Å². The number of fused-ring (bicyclic) bond motifs is 4. The summed E-state index contributed by atoms with van der Waals surface area (Å²) in [6, 6.07) is 23.6. The van der Waals surface area contributed by atoms with Gasteiger partial charge in [-0.1, -0.05) is 65.7 Å². The number of hydrogen-bond donors (Lipinski definition) is 3. The molecular weight excluding hydrogens is 688 g/mol. The number of aromatic carboxylic acids is 1. The molecule has 3 fully saturated rings. The standard InChI is InChI=1S/C40H31ClN2O9/c1-52-32-18-24(44)11-13-27(32)34-25-14-15-28-33(37(48)42(35(28)46)23-10-12-26(38(49)50)31(45)17-23)29(25)19-30-36(47)43(22-9-5-8-21(41)16-22)39(51)40(30,34)20-6-3-2-4-7-20/h2-14,16-18,28-30,33-34,44-45H,15,19H2,1H3,(H,49,50). The van der Waals surface area contributed by atoms with E-state index in [-0.39, 0.29) is 35.6 Å². The van der Waals surface area contributed by atoms with Gasteiger partial charge in [-0.2, -0.15) is 0 Å². The van der Waals surface area contributed by atoms with E-state index >= 15 is 4.79 Å². The monoisotopic (exact) mass is 718 g/mol. The average Bonchev–Trinajstić information content (AvgIpc) is 3.52. The number of imide groups is 2. The fraction of sp³-hybridized carbons (Fsp3) is 0.225. The summed E-state index contributed by atoms with van der Waals surface area (Å²) in [5, 5.41) is 30.7. The Morgan fingerprint density at radius 2 is 1.58 bits per heavy atom. The number of carboxylic acids is 1. The molecule has 1 saturated carbocycles. The van der Waals surface area contributed by atoms with Gasteiger partial charge in [0.05, 0.1) is 41.7 Å². The quantitative estimate of drug-likeness (QED) is 0.165. The molecule has 4 amide bonds. The molecular formula is C40H31ClN2O9. The van der Waals surface area contributed by atoms with Gasteiger partial charge in [-0.25, -0.2) is 14.6 Å². The van der Waals surface area contributed by atoms with Crippen LogP contribution < -0.4 is 14.5 Å². The first-order valence-corrected chi connectivity index (χ1v) is 17.1. The number of hydrogen-bond acceptors (Lipinski definition) is 8. The number of methoxy groups -OCH3 is 1. The SMILES string of the molecule is COc1cc(O)ccc1C1C2=CCC3C(=O)N(c4ccc(C(=O)O)c(O)c4)C(=O)C3C2CC2C(=O)N(c3cccc(Cl)c3)C(=O)C21c1ccccc1. The van der Waals surface area contributed by atoms with Crippen molar-refractivity contribution < 1.29 is 44.0 Å². The minimum atomic E-state index is -1.54. The second-order valence-electron chi connectivity index (χ2n) is 13.5. The molecule has 4 aromatic carbocycles. The number of benzene rings is 4. The predicted molar refractivity (Wildman–Crippen MR) is 188 cm³/mol. The number of halogens is 1. The first-order valence-electron chi connectivity index (χ1n) is 16.7. The molecule has 52 heavy (non-hydrogen) atoms. The molecule has 4 aromatic rings. The Bertz CT molecular complexity index is 2250. The van der Waals surface area contributed by atoms with Gasteiger partial charge in [0.25, 0.3) is 0 Å². The van der Waals surface area contributed by atoms with E-state index in [9.17, 15) is 34.5 Å². The van der Waals surface area contributed by atoms with Crippen molar-refractivity contribution in [2.24, 2.45) is 23.7 Å². The molecule has 11 nitrogen and oxygen atoms in total. The minimum Gasteiger partial charge on any atom is -0.508 e. The lowest BCUT2D eigenvalue weighted by Gasteiger charge is -2.51. The predicted octanol–water partition coefficient (Wildman–Crippen LogP) is 5.83. The number of aromatic hydroxyl groups is 2. The molecule has 2 aliphatic heterocycles. The Hall–Kier alpha value is -5.94. The summed E-state index contributed by atoms with van der Waals surface area (Å²) in [7, 11) is 1.44. The Labute approximate surface area is 302 Å². The number of nitrogens with zero attached hydrogens (tertiary/aromatic N) is 2. The van der Waals surface area contributed by atoms with E-state index in [4.69, 9.17) is 16.3 Å². The number of allylic oxidation sites excluding steroid dienone is 2. The number of amides is 4. The van der Waals surface area contributed by atoms with Crippen LogP contribution in [0, 0.1) is 23.7 Å². The summed E-state index contributed by atoms with van der Waals surface area (Å²) >= 11 is 6.37. The van der Waals surface area contributed by atoms with Crippen LogP contribution in [0.5, 0.6) is 17.2 Å². The zero-order valence-electron chi connectivity index (χ0n) is 27.6. The van der Waals surface area contributed by atoms with Gasteiger partial charge in [0.1, 0.15) is 22.8 Å². The molecule has 12 heteroatoms. The smallest absolute Gasteiger partial charge is 0.339 e. The van der Waals surface area contributed by atoms with E-state index in [1.807, 2.05) is 24.3 Å². The first-order chi connectivity index (χ1) is 25.0. The number of carbonyl (C=O) groups is 5. The molecule has 2 aliphatic carbocycles. The third-order valence-corrected chi connectivity index (χ3v) is 11.4. The van der Waals surface area contributed by atoms with Crippen molar-refractivity contribution in [2.45, 2.75) is 24.2 Å². The summed E-state index contributed by atoms with van der Waals surface area (Å²) in [6.07, 6.45) is 2.09. The molecule has 0 aromatic heterocycles. The molecule has 6 unspecified atom stereocenters. The van der Waals surface area contributed by atoms with Crippen molar-refractivity contribution in [3.8, 4) is 17.2 Å². The summed E-state index contributed by atoms with van der Waals surface area (Å²) in [5.41, 5.74) is 0.179. The van der Waals surface area contributed by atoms with Crippen molar-refractivity contribution in [3.05, 3.63) is 124 Å². The van der Waals surface area contributed by atoms with Crippen molar-refractivity contribution in [1.82, 2.24) is 0 Å². The molecule has 4 aliphatic rings. The Balaban J connectivity index is 1.34. The molecule has 3 N–H and O–H groups in total. The zero-order chi connectivity index (χ0) is 36.6. The summed E-state index contributed by atoms with van der Waals surface area (Å²) < 4.78 is 5.81. The van der Waals surface area contributed by atoms with E-state index < -0.39 is 70.4 Å². The Morgan fingerprint density at radius 3 is 2.27 bits per heavy atom. The van der Waals surface area contributed by atoms with E-state index in [0.717, 1.165) is 17.0 Å². The van der Waals surface area contributed by atoms with Crippen molar-refractivity contribution in [3.63, 3.8) is 0 Å². The van der Waals surface area contributed by atoms with Crippen LogP contribution in [0.1, 0.15) is 40.2 Å². The number of anilines is 2. The second-order valence-corrected chi connectivity index (χ2v) is 14.0. The number of phenols is 2. The number of rotatable bonds is 6. The van der Waals surface area contributed by atoms with E-state index in [0.29, 0.717) is 27.4 Å². The first kappa shape index (κ1) is 33.2. The van der Waals surface area contributed by atoms with Gasteiger partial charge in [0.15, 0.2) is 0 Å². The van der Waals surface area contributed by atoms with Crippen LogP contribution in [0.4, 0.5) is 11.4 Å². The van der Waals surface area contributed by atoms with Gasteiger partial charge >= 0.3 is 5.97 Å². The highest BCUT2D eigenvalue weighted by Crippen LogP contribution is 2.65. The number of phenolic OH excluding ortho intramolecular Hbond substituents is 1. The highest BCUT2D eigenvalue weighted by Gasteiger charge is 2.70. The summed E-state index contributed by atoms with van der Waals surface area (Å²) in [4.78, 5) is 72.5. The van der Waals surface area contributed by atoms with E-state index in [1.54, 1.807) is 42.5 Å². The molecule has 2 heterocycles. The lowest BCUT2D eigenvalue weighted by Crippen LogP contribution is -2.53. The molecule has 262 valence electrons. The van der Waals surface area contributed by atoms with Crippen molar-refractivity contribution >= 4 is 52.6 Å². The topological polar surface area (TPSA) is 162 Å². The summed E-state index contributed by atoms with van der Waals surface area (Å²) in [5.74, 6) is -8.13. The molecule has 8 rings (SSSR count). The largest absolute Gasteiger partial charge is 0.508 e. The highest BCUT2D eigenvalue weighted by molar-refractivity contribution is 6.32. The molecule has 0 radical (unpaired) electrons. The maximum Gasteiger partial charge on any atom is 0.339 e. The highest BCUT2D eigenvalue weighted by atomic mass is 35.5. The second kappa shape index (κ2) is 12.1. The van der Waals surface area contributed by atoms with Crippen LogP contribution in [-0.2, 0) is 24.6 Å². The Morgan fingerprint density at radius 1 is 0.827 bits per heavy atom. The van der Waals surface area contributed by atoms with Gasteiger partial charge in [-0.3, -0.25) is 19.2 Å². The van der Waals surface area contributed by atoms with E-state index in [2.05, 4.69) is 0 Å². The van der Waals surface area contributed by atoms with Crippen LogP contribution in [0.2, 0.25) is 5.02 Å². The third kappa shape index (κ3) is 4.61. The molecule has 2 saturated heterocycles. The molecule has 0 spiro atoms. The van der Waals surface area contributed by atoms with Crippen LogP contribution in [-0.4, -0.2) is 52.0 Å². The molecule has 0 bridgehead atoms. The van der Waals surface area contributed by atoms with Gasteiger partial charge in [-0.05, 0) is 60.7 Å². The number of carbonyl (C=O) groups excluding carboxylic acids is 4. The fourth-order valence-electron chi connectivity index (χ4n) is 9.12. The lowest BCUT2D eigenvalue weighted by atomic mass is 9.49. The fourth-order valence-corrected chi connectivity index (χ4v) is 9.31. The lowest BCUT2D eigenvalue weighted by molar-refractivity contribution is -0.127. The van der Waals surface area contributed by atoms with Crippen LogP contribution in [0.15, 0.2) is 103 Å². The van der Waals surface area contributed by atoms with Gasteiger partial charge in [-0.15, -0.1) is 0 Å². The van der Waals surface area contributed by atoms with Crippen LogP contribution in [0.3, 0.4) is 0 Å². The minimum absolute atomic E-state index is 0.0268. The average molecular weight is 719 g/mol. The summed E-state index contributed by atoms with van der Waals surface area (Å²) in [6.45, 7) is 0. The van der Waals surface area contributed by atoms with Crippen LogP contribution >= 0.6 is 11.6 Å². The third-order valence-electron chi connectivity index (χ3n) is 11.2. The van der Waals surface area contributed by atoms with E-state index in [1.165, 1.54) is 30.2 Å². The van der Waals surface area contributed by atoms with Gasteiger partial charge in [0, 0.05) is 28.6 Å². The van der Waals surface area contributed by atoms with Crippen LogP contribution in [0.25, 0.3) is 0 Å². The maximum absolute atomic E-state index is 15.3. The normalized spacial score (nSPS) is 26.5. The zero-order valence-corrected chi connectivity index (χ0v) is 28.4.